The lowest BCUT2D eigenvalue weighted by molar-refractivity contribution is -0.155. The van der Waals surface area contributed by atoms with E-state index in [1.807, 2.05) is 0 Å². The van der Waals surface area contributed by atoms with Gasteiger partial charge in [-0.1, -0.05) is 59.3 Å². The second kappa shape index (κ2) is 14.1. The van der Waals surface area contributed by atoms with Crippen molar-refractivity contribution in [3.63, 3.8) is 0 Å². The lowest BCUT2D eigenvalue weighted by Crippen LogP contribution is -2.28. The summed E-state index contributed by atoms with van der Waals surface area (Å²) in [5.74, 6) is 0.595. The Balaban J connectivity index is 2.04. The number of carbonyl (C=O) groups is 2. The van der Waals surface area contributed by atoms with Crippen LogP contribution in [0.15, 0.2) is 0 Å². The third-order valence-corrected chi connectivity index (χ3v) is 5.31. The van der Waals surface area contributed by atoms with Crippen molar-refractivity contribution in [1.82, 2.24) is 0 Å². The van der Waals surface area contributed by atoms with Crippen molar-refractivity contribution in [2.75, 3.05) is 13.2 Å². The highest BCUT2D eigenvalue weighted by Gasteiger charge is 2.31. The molecule has 0 aromatic rings. The zero-order valence-corrected chi connectivity index (χ0v) is 17.3. The largest absolute Gasteiger partial charge is 0.465 e. The molecule has 26 heavy (non-hydrogen) atoms. The molecule has 1 rings (SSSR count). The Morgan fingerprint density at radius 3 is 1.73 bits per heavy atom. The van der Waals surface area contributed by atoms with Crippen molar-refractivity contribution in [2.24, 2.45) is 17.8 Å². The number of unbranched alkanes of at least 4 members (excludes halogenated alkanes) is 5. The highest BCUT2D eigenvalue weighted by Crippen LogP contribution is 2.30. The van der Waals surface area contributed by atoms with Gasteiger partial charge in [-0.2, -0.15) is 0 Å². The molecule has 0 heterocycles. The van der Waals surface area contributed by atoms with Crippen molar-refractivity contribution in [2.45, 2.75) is 97.8 Å². The lowest BCUT2D eigenvalue weighted by atomic mass is 9.82. The second-order valence-corrected chi connectivity index (χ2v) is 8.19. The van der Waals surface area contributed by atoms with Crippen LogP contribution in [-0.2, 0) is 19.1 Å². The summed E-state index contributed by atoms with van der Waals surface area (Å²) in [5, 5.41) is 0. The summed E-state index contributed by atoms with van der Waals surface area (Å²) in [4.78, 5) is 24.1. The van der Waals surface area contributed by atoms with Crippen LogP contribution in [0.3, 0.4) is 0 Å². The summed E-state index contributed by atoms with van der Waals surface area (Å²) in [6, 6.07) is 0. The number of esters is 2. The minimum absolute atomic E-state index is 0.0262. The van der Waals surface area contributed by atoms with E-state index < -0.39 is 0 Å². The molecule has 1 aliphatic carbocycles. The van der Waals surface area contributed by atoms with Crippen LogP contribution in [-0.4, -0.2) is 25.2 Å². The van der Waals surface area contributed by atoms with Crippen LogP contribution in [0.5, 0.6) is 0 Å². The maximum absolute atomic E-state index is 12.2. The zero-order chi connectivity index (χ0) is 19.2. The van der Waals surface area contributed by atoms with Crippen molar-refractivity contribution in [1.29, 1.82) is 0 Å². The average molecular weight is 369 g/mol. The zero-order valence-electron chi connectivity index (χ0n) is 17.3. The van der Waals surface area contributed by atoms with Gasteiger partial charge < -0.3 is 9.47 Å². The maximum atomic E-state index is 12.2. The van der Waals surface area contributed by atoms with E-state index >= 15 is 0 Å². The fourth-order valence-electron chi connectivity index (χ4n) is 3.48. The van der Waals surface area contributed by atoms with Crippen LogP contribution in [0.25, 0.3) is 0 Å². The molecule has 0 spiro atoms. The molecule has 0 aromatic carbocycles. The highest BCUT2D eigenvalue weighted by molar-refractivity contribution is 5.75. The fraction of sp³-hybridized carbons (Fsp3) is 0.909. The number of rotatable bonds is 13. The van der Waals surface area contributed by atoms with E-state index in [0.29, 0.717) is 13.2 Å². The predicted octanol–water partition coefficient (Wildman–Crippen LogP) is 5.68. The first-order valence-corrected chi connectivity index (χ1v) is 10.9. The van der Waals surface area contributed by atoms with Gasteiger partial charge in [0.1, 0.15) is 0 Å². The summed E-state index contributed by atoms with van der Waals surface area (Å²) in [6.07, 6.45) is 12.2. The van der Waals surface area contributed by atoms with Gasteiger partial charge in [-0.05, 0) is 44.4 Å². The van der Waals surface area contributed by atoms with Gasteiger partial charge >= 0.3 is 11.9 Å². The molecule has 4 heteroatoms. The summed E-state index contributed by atoms with van der Waals surface area (Å²) in [6.45, 7) is 7.68. The predicted molar refractivity (Wildman–Crippen MR) is 105 cm³/mol. The Labute approximate surface area is 160 Å². The first kappa shape index (κ1) is 23.0. The van der Waals surface area contributed by atoms with E-state index in [1.54, 1.807) is 0 Å². The summed E-state index contributed by atoms with van der Waals surface area (Å²) < 4.78 is 10.7. The smallest absolute Gasteiger partial charge is 0.308 e. The third-order valence-electron chi connectivity index (χ3n) is 5.31. The first-order valence-electron chi connectivity index (χ1n) is 10.9. The van der Waals surface area contributed by atoms with E-state index in [1.165, 1.54) is 25.7 Å². The van der Waals surface area contributed by atoms with E-state index in [2.05, 4.69) is 20.8 Å². The minimum atomic E-state index is -0.0808. The van der Waals surface area contributed by atoms with Gasteiger partial charge in [-0.25, -0.2) is 0 Å². The molecule has 0 atom stereocenters. The van der Waals surface area contributed by atoms with Crippen LogP contribution in [0.1, 0.15) is 97.8 Å². The Morgan fingerprint density at radius 1 is 0.769 bits per heavy atom. The van der Waals surface area contributed by atoms with Crippen molar-refractivity contribution in [3.05, 3.63) is 0 Å². The summed E-state index contributed by atoms with van der Waals surface area (Å²) in [5.41, 5.74) is 0. The van der Waals surface area contributed by atoms with Crippen LogP contribution in [0, 0.1) is 17.8 Å². The van der Waals surface area contributed by atoms with Crippen LogP contribution in [0.4, 0.5) is 0 Å². The lowest BCUT2D eigenvalue weighted by Gasteiger charge is -2.26. The molecule has 152 valence electrons. The molecule has 0 aromatic heterocycles. The molecular formula is C22H40O4. The number of hydrogen-bond acceptors (Lipinski definition) is 4. The van der Waals surface area contributed by atoms with Crippen LogP contribution in [0.2, 0.25) is 0 Å². The van der Waals surface area contributed by atoms with Gasteiger partial charge in [0, 0.05) is 0 Å². The molecule has 0 saturated heterocycles. The van der Waals surface area contributed by atoms with E-state index in [4.69, 9.17) is 9.47 Å². The van der Waals surface area contributed by atoms with Crippen LogP contribution >= 0.6 is 0 Å². The number of hydrogen-bond donors (Lipinski definition) is 0. The molecule has 0 aliphatic heterocycles. The Kier molecular flexibility index (Phi) is 12.4. The van der Waals surface area contributed by atoms with Gasteiger partial charge in [0.15, 0.2) is 0 Å². The van der Waals surface area contributed by atoms with Crippen molar-refractivity contribution < 1.29 is 19.1 Å². The van der Waals surface area contributed by atoms with Crippen molar-refractivity contribution in [3.8, 4) is 0 Å². The normalized spacial score (nSPS) is 20.2. The Bertz CT molecular complexity index is 384. The molecule has 0 N–H and O–H groups in total. The Morgan fingerprint density at radius 2 is 1.23 bits per heavy atom. The van der Waals surface area contributed by atoms with Gasteiger partial charge in [-0.3, -0.25) is 9.59 Å². The SMILES string of the molecule is CCCCOC(=O)C1CCC(C(=O)OCCCCCCCC(C)C)CC1. The summed E-state index contributed by atoms with van der Waals surface area (Å²) >= 11 is 0. The number of ether oxygens (including phenoxy) is 2. The minimum Gasteiger partial charge on any atom is -0.465 e. The molecule has 1 fully saturated rings. The monoisotopic (exact) mass is 368 g/mol. The second-order valence-electron chi connectivity index (χ2n) is 8.19. The molecular weight excluding hydrogens is 328 g/mol. The molecule has 0 amide bonds. The molecule has 0 bridgehead atoms. The average Bonchev–Trinajstić information content (AvgIpc) is 2.63. The van der Waals surface area contributed by atoms with E-state index in [-0.39, 0.29) is 23.8 Å². The van der Waals surface area contributed by atoms with Gasteiger partial charge in [0.25, 0.3) is 0 Å². The standard InChI is InChI=1S/C22H40O4/c1-4-5-16-25-21(23)19-12-14-20(15-13-19)22(24)26-17-10-8-6-7-9-11-18(2)3/h18-20H,4-17H2,1-3H3. The molecule has 0 radical (unpaired) electrons. The van der Waals surface area contributed by atoms with E-state index in [0.717, 1.165) is 57.3 Å². The number of carbonyl (C=O) groups excluding carboxylic acids is 2. The van der Waals surface area contributed by atoms with Gasteiger partial charge in [0.05, 0.1) is 25.0 Å². The van der Waals surface area contributed by atoms with Gasteiger partial charge in [0.2, 0.25) is 0 Å². The first-order chi connectivity index (χ1) is 12.5. The quantitative estimate of drug-likeness (QED) is 0.310. The molecule has 0 unspecified atom stereocenters. The molecule has 4 nitrogen and oxygen atoms in total. The molecule has 1 saturated carbocycles. The van der Waals surface area contributed by atoms with Gasteiger partial charge in [-0.15, -0.1) is 0 Å². The fourth-order valence-corrected chi connectivity index (χ4v) is 3.48. The van der Waals surface area contributed by atoms with Crippen LogP contribution < -0.4 is 0 Å². The molecule has 1 aliphatic rings. The van der Waals surface area contributed by atoms with Crippen molar-refractivity contribution >= 4 is 11.9 Å². The summed E-state index contributed by atoms with van der Waals surface area (Å²) in [7, 11) is 0. The van der Waals surface area contributed by atoms with E-state index in [9.17, 15) is 9.59 Å². The highest BCUT2D eigenvalue weighted by atomic mass is 16.5. The maximum Gasteiger partial charge on any atom is 0.308 e. The third kappa shape index (κ3) is 10.2. The Hall–Kier alpha value is -1.06. The topological polar surface area (TPSA) is 52.6 Å².